The van der Waals surface area contributed by atoms with E-state index in [2.05, 4.69) is 10.2 Å². The van der Waals surface area contributed by atoms with Crippen LogP contribution in [0.15, 0.2) is 64.6 Å². The van der Waals surface area contributed by atoms with Crippen molar-refractivity contribution < 1.29 is 27.1 Å². The van der Waals surface area contributed by atoms with Crippen molar-refractivity contribution in [2.45, 2.75) is 26.6 Å². The summed E-state index contributed by atoms with van der Waals surface area (Å²) in [5.74, 6) is -0.616. The number of nitrogens with zero attached hydrogens (tertiary/aromatic N) is 4. The highest BCUT2D eigenvalue weighted by Crippen LogP contribution is 2.36. The molecule has 0 N–H and O–H groups in total. The molecule has 4 rings (SSSR count). The normalized spacial score (nSPS) is 11.9. The first-order chi connectivity index (χ1) is 17.6. The summed E-state index contributed by atoms with van der Waals surface area (Å²) in [4.78, 5) is 12.5. The summed E-state index contributed by atoms with van der Waals surface area (Å²) in [5, 5.41) is 16.9. The zero-order chi connectivity index (χ0) is 26.7. The first kappa shape index (κ1) is 25.7. The molecule has 0 aliphatic rings. The third-order valence-electron chi connectivity index (χ3n) is 5.44. The van der Waals surface area contributed by atoms with E-state index in [1.807, 2.05) is 18.2 Å². The average Bonchev–Trinajstić information content (AvgIpc) is 3.45. The Morgan fingerprint density at radius 1 is 1.16 bits per heavy atom. The van der Waals surface area contributed by atoms with Crippen LogP contribution in [0.4, 0.5) is 13.2 Å². The summed E-state index contributed by atoms with van der Waals surface area (Å²) >= 11 is 5.74. The predicted molar refractivity (Wildman–Crippen MR) is 128 cm³/mol. The van der Waals surface area contributed by atoms with Gasteiger partial charge in [0.05, 0.1) is 10.6 Å². The number of aryl methyl sites for hydroxylation is 1. The summed E-state index contributed by atoms with van der Waals surface area (Å²) in [7, 11) is 0. The Labute approximate surface area is 214 Å². The third kappa shape index (κ3) is 5.57. The van der Waals surface area contributed by atoms with E-state index < -0.39 is 22.7 Å². The Balaban J connectivity index is 1.54. The fraction of sp³-hybridized carbons (Fsp3) is 0.154. The van der Waals surface area contributed by atoms with Gasteiger partial charge in [-0.15, -0.1) is 10.2 Å². The van der Waals surface area contributed by atoms with Crippen LogP contribution in [0.2, 0.25) is 5.02 Å². The van der Waals surface area contributed by atoms with Crippen molar-refractivity contribution in [1.82, 2.24) is 14.8 Å². The number of nitriles is 1. The van der Waals surface area contributed by atoms with Gasteiger partial charge in [0, 0.05) is 22.6 Å². The number of carbonyl (C=O) groups is 1. The number of benzene rings is 2. The number of hydrogen-bond acceptors (Lipinski definition) is 6. The number of ether oxygens (including phenoxy) is 1. The van der Waals surface area contributed by atoms with E-state index in [0.29, 0.717) is 22.5 Å². The summed E-state index contributed by atoms with van der Waals surface area (Å²) in [6.45, 7) is 3.00. The van der Waals surface area contributed by atoms with E-state index in [1.54, 1.807) is 42.7 Å². The Hall–Kier alpha value is -4.36. The van der Waals surface area contributed by atoms with Crippen molar-refractivity contribution in [3.05, 3.63) is 93.6 Å². The van der Waals surface area contributed by atoms with Gasteiger partial charge < -0.3 is 13.7 Å². The van der Waals surface area contributed by atoms with Crippen LogP contribution in [0.5, 0.6) is 0 Å². The molecule has 0 aliphatic heterocycles. The molecule has 7 nitrogen and oxygen atoms in total. The van der Waals surface area contributed by atoms with Crippen molar-refractivity contribution in [2.75, 3.05) is 0 Å². The summed E-state index contributed by atoms with van der Waals surface area (Å²) in [6, 6.07) is 16.0. The van der Waals surface area contributed by atoms with Crippen molar-refractivity contribution in [2.24, 2.45) is 0 Å². The SMILES string of the molecule is Cc1cc(/C=C(\C#N)C(=O)OCc2nnc(-c3ccccc3)o2)c(C)n1-c1ccc(Cl)c(C(F)(F)F)c1. The van der Waals surface area contributed by atoms with E-state index in [9.17, 15) is 23.2 Å². The minimum Gasteiger partial charge on any atom is -0.451 e. The van der Waals surface area contributed by atoms with E-state index in [1.165, 1.54) is 18.2 Å². The largest absolute Gasteiger partial charge is 0.451 e. The van der Waals surface area contributed by atoms with E-state index in [-0.39, 0.29) is 29.6 Å². The summed E-state index contributed by atoms with van der Waals surface area (Å²) in [5.41, 5.74) is 1.21. The highest BCUT2D eigenvalue weighted by Gasteiger charge is 2.33. The molecule has 0 aliphatic carbocycles. The lowest BCUT2D eigenvalue weighted by atomic mass is 10.1. The lowest BCUT2D eigenvalue weighted by Gasteiger charge is -2.14. The van der Waals surface area contributed by atoms with E-state index in [0.717, 1.165) is 6.07 Å². The molecule has 0 saturated carbocycles. The van der Waals surface area contributed by atoms with Gasteiger partial charge in [-0.3, -0.25) is 0 Å². The van der Waals surface area contributed by atoms with E-state index >= 15 is 0 Å². The number of aromatic nitrogens is 3. The maximum atomic E-state index is 13.3. The second-order valence-electron chi connectivity index (χ2n) is 7.94. The lowest BCUT2D eigenvalue weighted by molar-refractivity contribution is -0.140. The van der Waals surface area contributed by atoms with Crippen LogP contribution < -0.4 is 0 Å². The van der Waals surface area contributed by atoms with E-state index in [4.69, 9.17) is 20.8 Å². The molecule has 37 heavy (non-hydrogen) atoms. The van der Waals surface area contributed by atoms with Gasteiger partial charge in [0.25, 0.3) is 5.89 Å². The monoisotopic (exact) mass is 526 g/mol. The number of hydrogen-bond donors (Lipinski definition) is 0. The molecule has 4 aromatic rings. The molecule has 0 atom stereocenters. The molecule has 2 heterocycles. The molecular weight excluding hydrogens is 509 g/mol. The number of halogens is 4. The highest BCUT2D eigenvalue weighted by atomic mass is 35.5. The second-order valence-corrected chi connectivity index (χ2v) is 8.34. The maximum Gasteiger partial charge on any atom is 0.417 e. The quantitative estimate of drug-likeness (QED) is 0.162. The molecule has 0 unspecified atom stereocenters. The number of esters is 1. The first-order valence-electron chi connectivity index (χ1n) is 10.8. The Morgan fingerprint density at radius 2 is 1.89 bits per heavy atom. The van der Waals surface area contributed by atoms with Crippen LogP contribution >= 0.6 is 11.6 Å². The molecule has 188 valence electrons. The standard InChI is InChI=1S/C26H18ClF3N4O3/c1-15-10-18(16(2)34(15)20-8-9-22(27)21(12-20)26(28,29)30)11-19(13-31)25(35)36-14-23-32-33-24(37-23)17-6-4-3-5-7-17/h3-12H,14H2,1-2H3/b19-11+. The van der Waals surface area contributed by atoms with Crippen LogP contribution in [0.25, 0.3) is 23.2 Å². The van der Waals surface area contributed by atoms with Gasteiger partial charge in [-0.05, 0) is 61.9 Å². The van der Waals surface area contributed by atoms with Gasteiger partial charge in [0.15, 0.2) is 6.61 Å². The zero-order valence-corrected chi connectivity index (χ0v) is 20.3. The Bertz CT molecular complexity index is 1530. The lowest BCUT2D eigenvalue weighted by Crippen LogP contribution is -2.08. The summed E-state index contributed by atoms with van der Waals surface area (Å²) < 4.78 is 52.2. The summed E-state index contributed by atoms with van der Waals surface area (Å²) in [6.07, 6.45) is -3.31. The smallest absolute Gasteiger partial charge is 0.417 e. The molecule has 2 aromatic heterocycles. The minimum atomic E-state index is -4.62. The molecule has 0 amide bonds. The molecule has 11 heteroatoms. The molecule has 0 bridgehead atoms. The van der Waals surface area contributed by atoms with Crippen molar-refractivity contribution >= 4 is 23.6 Å². The molecule has 0 saturated heterocycles. The molecule has 2 aromatic carbocycles. The van der Waals surface area contributed by atoms with Gasteiger partial charge in [0.2, 0.25) is 5.89 Å². The van der Waals surface area contributed by atoms with Gasteiger partial charge >= 0.3 is 12.1 Å². The van der Waals surface area contributed by atoms with Crippen molar-refractivity contribution in [3.63, 3.8) is 0 Å². The molecule has 0 fully saturated rings. The Kier molecular flexibility index (Phi) is 7.18. The Morgan fingerprint density at radius 3 is 2.57 bits per heavy atom. The fourth-order valence-corrected chi connectivity index (χ4v) is 3.93. The maximum absolute atomic E-state index is 13.3. The van der Waals surface area contributed by atoms with Crippen LogP contribution in [0, 0.1) is 25.2 Å². The predicted octanol–water partition coefficient (Wildman–Crippen LogP) is 6.47. The van der Waals surface area contributed by atoms with Crippen molar-refractivity contribution in [3.8, 4) is 23.2 Å². The topological polar surface area (TPSA) is 93.9 Å². The first-order valence-corrected chi connectivity index (χ1v) is 11.2. The van der Waals surface area contributed by atoms with Gasteiger partial charge in [-0.25, -0.2) is 4.79 Å². The van der Waals surface area contributed by atoms with Crippen LogP contribution in [-0.4, -0.2) is 20.7 Å². The fourth-order valence-electron chi connectivity index (χ4n) is 3.71. The van der Waals surface area contributed by atoms with Gasteiger partial charge in [-0.2, -0.15) is 18.4 Å². The van der Waals surface area contributed by atoms with Gasteiger partial charge in [-0.1, -0.05) is 29.8 Å². The second kappa shape index (κ2) is 10.3. The number of carbonyl (C=O) groups excluding carboxylic acids is 1. The van der Waals surface area contributed by atoms with Crippen LogP contribution in [0.1, 0.15) is 28.4 Å². The van der Waals surface area contributed by atoms with Crippen LogP contribution in [-0.2, 0) is 22.3 Å². The molecule has 0 spiro atoms. The molecule has 0 radical (unpaired) electrons. The van der Waals surface area contributed by atoms with Crippen LogP contribution in [0.3, 0.4) is 0 Å². The third-order valence-corrected chi connectivity index (χ3v) is 5.77. The number of alkyl halides is 3. The van der Waals surface area contributed by atoms with Gasteiger partial charge in [0.1, 0.15) is 11.6 Å². The number of rotatable bonds is 6. The molecular formula is C26H18ClF3N4O3. The average molecular weight is 527 g/mol. The zero-order valence-electron chi connectivity index (χ0n) is 19.5. The minimum absolute atomic E-state index is 0.0471. The van der Waals surface area contributed by atoms with Crippen molar-refractivity contribution in [1.29, 1.82) is 5.26 Å². The highest BCUT2D eigenvalue weighted by molar-refractivity contribution is 6.31.